The maximum absolute atomic E-state index is 13.5. The molecule has 1 atom stereocenters. The fourth-order valence-electron chi connectivity index (χ4n) is 5.08. The highest BCUT2D eigenvalue weighted by Gasteiger charge is 2.46. The third-order valence-electron chi connectivity index (χ3n) is 7.28. The summed E-state index contributed by atoms with van der Waals surface area (Å²) in [6, 6.07) is 22.5. The molecule has 0 saturated carbocycles. The van der Waals surface area contributed by atoms with Crippen LogP contribution in [0.25, 0.3) is 16.7 Å². The van der Waals surface area contributed by atoms with E-state index in [1.54, 1.807) is 18.2 Å². The molecule has 1 amide bonds. The predicted molar refractivity (Wildman–Crippen MR) is 149 cm³/mol. The van der Waals surface area contributed by atoms with Crippen LogP contribution in [0.15, 0.2) is 84.6 Å². The molecule has 0 bridgehead atoms. The van der Waals surface area contributed by atoms with E-state index in [4.69, 9.17) is 4.74 Å². The zero-order valence-electron chi connectivity index (χ0n) is 22.1. The number of likely N-dealkylation sites (tertiary alicyclic amines) is 1. The number of Topliss-reactive ketones (excluding diaryl/α,β-unsaturated/α-hetero) is 1. The molecule has 2 N–H and O–H groups in total. The molecule has 194 valence electrons. The number of aliphatic hydroxyl groups is 1. The number of rotatable bonds is 6. The number of carbonyl (C=O) groups excluding carboxylic acids is 2. The van der Waals surface area contributed by atoms with E-state index in [2.05, 4.69) is 25.8 Å². The summed E-state index contributed by atoms with van der Waals surface area (Å²) < 4.78 is 5.25. The first kappa shape index (κ1) is 25.3. The van der Waals surface area contributed by atoms with Crippen molar-refractivity contribution in [2.45, 2.75) is 38.6 Å². The molecule has 2 heterocycles. The molecular formula is C32H32N2O4. The number of nitrogens with zero attached hydrogens (tertiary/aromatic N) is 1. The van der Waals surface area contributed by atoms with Gasteiger partial charge >= 0.3 is 0 Å². The highest BCUT2D eigenvalue weighted by atomic mass is 16.5. The Labute approximate surface area is 222 Å². The summed E-state index contributed by atoms with van der Waals surface area (Å²) in [4.78, 5) is 31.6. The zero-order valence-corrected chi connectivity index (χ0v) is 22.1. The summed E-state index contributed by atoms with van der Waals surface area (Å²) >= 11 is 0. The minimum absolute atomic E-state index is 0.0429. The molecule has 1 aromatic heterocycles. The van der Waals surface area contributed by atoms with Crippen LogP contribution in [0.5, 0.6) is 5.75 Å². The van der Waals surface area contributed by atoms with Crippen LogP contribution in [0.2, 0.25) is 0 Å². The van der Waals surface area contributed by atoms with Gasteiger partial charge in [0, 0.05) is 29.2 Å². The molecule has 5 rings (SSSR count). The van der Waals surface area contributed by atoms with Crippen molar-refractivity contribution in [3.8, 4) is 5.75 Å². The Morgan fingerprint density at radius 1 is 0.974 bits per heavy atom. The van der Waals surface area contributed by atoms with E-state index in [0.717, 1.165) is 33.3 Å². The Morgan fingerprint density at radius 2 is 1.66 bits per heavy atom. The maximum Gasteiger partial charge on any atom is 0.295 e. The number of para-hydroxylation sites is 1. The number of aromatic amines is 1. The Hall–Kier alpha value is -4.32. The van der Waals surface area contributed by atoms with Crippen LogP contribution in [-0.2, 0) is 21.4 Å². The van der Waals surface area contributed by atoms with Crippen molar-refractivity contribution in [2.75, 3.05) is 13.7 Å². The second-order valence-electron chi connectivity index (χ2n) is 10.7. The van der Waals surface area contributed by atoms with E-state index >= 15 is 0 Å². The zero-order chi connectivity index (χ0) is 27.0. The normalized spacial score (nSPS) is 17.4. The number of aromatic nitrogens is 1. The number of nitrogens with one attached hydrogen (secondary N) is 1. The van der Waals surface area contributed by atoms with E-state index in [1.165, 1.54) is 0 Å². The van der Waals surface area contributed by atoms with Crippen LogP contribution in [0.4, 0.5) is 0 Å². The number of hydrogen-bond donors (Lipinski definition) is 2. The monoisotopic (exact) mass is 508 g/mol. The number of ketones is 1. The van der Waals surface area contributed by atoms with Gasteiger partial charge in [-0.2, -0.15) is 0 Å². The first-order valence-electron chi connectivity index (χ1n) is 12.8. The minimum atomic E-state index is -0.698. The van der Waals surface area contributed by atoms with Crippen LogP contribution >= 0.6 is 0 Å². The van der Waals surface area contributed by atoms with Gasteiger partial charge in [-0.3, -0.25) is 9.59 Å². The van der Waals surface area contributed by atoms with Crippen molar-refractivity contribution < 1.29 is 19.4 Å². The largest absolute Gasteiger partial charge is 0.507 e. The first-order chi connectivity index (χ1) is 18.2. The molecule has 4 aromatic rings. The number of aliphatic hydroxyl groups excluding tert-OH is 1. The SMILES string of the molecule is COc1ccc(CCN2C(=O)C(=O)/C(=C(\O)c3c[nH]c4ccccc34)C2c2ccc(C(C)(C)C)cc2)cc1. The lowest BCUT2D eigenvalue weighted by atomic mass is 9.85. The molecule has 1 aliphatic heterocycles. The summed E-state index contributed by atoms with van der Waals surface area (Å²) in [5, 5.41) is 12.3. The number of carbonyl (C=O) groups is 2. The molecule has 0 radical (unpaired) electrons. The summed E-state index contributed by atoms with van der Waals surface area (Å²) in [6.45, 7) is 6.74. The highest BCUT2D eigenvalue weighted by Crippen LogP contribution is 2.41. The Bertz CT molecular complexity index is 1520. The van der Waals surface area contributed by atoms with Gasteiger partial charge in [-0.1, -0.05) is 75.4 Å². The second-order valence-corrected chi connectivity index (χ2v) is 10.7. The van der Waals surface area contributed by atoms with E-state index in [9.17, 15) is 14.7 Å². The van der Waals surface area contributed by atoms with Crippen molar-refractivity contribution >= 4 is 28.4 Å². The topological polar surface area (TPSA) is 82.6 Å². The highest BCUT2D eigenvalue weighted by molar-refractivity contribution is 6.46. The molecule has 1 fully saturated rings. The van der Waals surface area contributed by atoms with Gasteiger partial charge in [0.25, 0.3) is 11.7 Å². The van der Waals surface area contributed by atoms with Gasteiger partial charge in [0.2, 0.25) is 0 Å². The van der Waals surface area contributed by atoms with Crippen molar-refractivity contribution in [1.29, 1.82) is 0 Å². The fraction of sp³-hybridized carbons (Fsp3) is 0.250. The maximum atomic E-state index is 13.5. The first-order valence-corrected chi connectivity index (χ1v) is 12.8. The van der Waals surface area contributed by atoms with E-state index in [1.807, 2.05) is 72.8 Å². The minimum Gasteiger partial charge on any atom is -0.507 e. The molecule has 1 saturated heterocycles. The average molecular weight is 509 g/mol. The molecule has 3 aromatic carbocycles. The fourth-order valence-corrected chi connectivity index (χ4v) is 5.08. The standard InChI is InChI=1S/C32H32N2O4/c1-32(2,3)22-13-11-21(12-14-22)28-27(29(35)25-19-33-26-8-6-5-7-24(25)26)30(36)31(37)34(28)18-17-20-9-15-23(38-4)16-10-20/h5-16,19,28,33,35H,17-18H2,1-4H3/b29-27-. The average Bonchev–Trinajstić information content (AvgIpc) is 3.46. The molecule has 1 aliphatic rings. The number of ether oxygens (including phenoxy) is 1. The Kier molecular flexibility index (Phi) is 6.57. The molecule has 6 heteroatoms. The van der Waals surface area contributed by atoms with Gasteiger partial charge in [0.1, 0.15) is 11.5 Å². The van der Waals surface area contributed by atoms with Crippen LogP contribution in [0.1, 0.15) is 49.1 Å². The van der Waals surface area contributed by atoms with Gasteiger partial charge in [0.15, 0.2) is 0 Å². The lowest BCUT2D eigenvalue weighted by Crippen LogP contribution is -2.31. The summed E-state index contributed by atoms with van der Waals surface area (Å²) in [6.07, 6.45) is 2.24. The molecule has 6 nitrogen and oxygen atoms in total. The summed E-state index contributed by atoms with van der Waals surface area (Å²) in [5.74, 6) is -0.693. The van der Waals surface area contributed by atoms with Gasteiger partial charge in [-0.05, 0) is 46.7 Å². The van der Waals surface area contributed by atoms with Crippen LogP contribution in [-0.4, -0.2) is 40.3 Å². The molecule has 0 aliphatic carbocycles. The Morgan fingerprint density at radius 3 is 2.32 bits per heavy atom. The van der Waals surface area contributed by atoms with Gasteiger partial charge < -0.3 is 19.7 Å². The van der Waals surface area contributed by atoms with Crippen molar-refractivity contribution in [3.63, 3.8) is 0 Å². The second kappa shape index (κ2) is 9.86. The number of H-pyrrole nitrogens is 1. The van der Waals surface area contributed by atoms with Crippen LogP contribution in [0.3, 0.4) is 0 Å². The lowest BCUT2D eigenvalue weighted by Gasteiger charge is -2.26. The third kappa shape index (κ3) is 4.58. The van der Waals surface area contributed by atoms with Crippen molar-refractivity contribution in [3.05, 3.63) is 107 Å². The predicted octanol–water partition coefficient (Wildman–Crippen LogP) is 6.14. The smallest absolute Gasteiger partial charge is 0.295 e. The third-order valence-corrected chi connectivity index (χ3v) is 7.28. The molecule has 1 unspecified atom stereocenters. The molecule has 38 heavy (non-hydrogen) atoms. The van der Waals surface area contributed by atoms with E-state index in [-0.39, 0.29) is 16.7 Å². The summed E-state index contributed by atoms with van der Waals surface area (Å²) in [7, 11) is 1.62. The van der Waals surface area contributed by atoms with Gasteiger partial charge in [0.05, 0.1) is 18.7 Å². The van der Waals surface area contributed by atoms with Gasteiger partial charge in [-0.15, -0.1) is 0 Å². The number of hydrogen-bond acceptors (Lipinski definition) is 4. The van der Waals surface area contributed by atoms with Crippen molar-refractivity contribution in [2.24, 2.45) is 0 Å². The lowest BCUT2D eigenvalue weighted by molar-refractivity contribution is -0.139. The number of amides is 1. The van der Waals surface area contributed by atoms with Crippen molar-refractivity contribution in [1.82, 2.24) is 9.88 Å². The molecule has 0 spiro atoms. The van der Waals surface area contributed by atoms with E-state index < -0.39 is 17.7 Å². The van der Waals surface area contributed by atoms with E-state index in [0.29, 0.717) is 18.5 Å². The van der Waals surface area contributed by atoms with Crippen LogP contribution < -0.4 is 4.74 Å². The number of fused-ring (bicyclic) bond motifs is 1. The molecular weight excluding hydrogens is 476 g/mol. The number of benzene rings is 3. The van der Waals surface area contributed by atoms with Gasteiger partial charge in [-0.25, -0.2) is 0 Å². The Balaban J connectivity index is 1.58. The number of methoxy groups -OCH3 is 1. The quantitative estimate of drug-likeness (QED) is 0.186. The summed E-state index contributed by atoms with van der Waals surface area (Å²) in [5.41, 5.74) is 4.36. The van der Waals surface area contributed by atoms with Crippen LogP contribution in [0, 0.1) is 0 Å².